The Morgan fingerprint density at radius 3 is 2.33 bits per heavy atom. The third-order valence-corrected chi connectivity index (χ3v) is 2.60. The molecule has 0 bridgehead atoms. The Labute approximate surface area is 73.0 Å². The van der Waals surface area contributed by atoms with Crippen LogP contribution in [-0.2, 0) is 14.3 Å². The first-order chi connectivity index (χ1) is 5.75. The molecule has 0 heterocycles. The molecule has 1 aliphatic rings. The van der Waals surface area contributed by atoms with Gasteiger partial charge in [0.2, 0.25) is 0 Å². The van der Waals surface area contributed by atoms with E-state index in [4.69, 9.17) is 9.47 Å². The van der Waals surface area contributed by atoms with Gasteiger partial charge in [-0.1, -0.05) is 12.8 Å². The van der Waals surface area contributed by atoms with E-state index in [2.05, 4.69) is 0 Å². The molecule has 0 spiro atoms. The fourth-order valence-electron chi connectivity index (χ4n) is 1.95. The summed E-state index contributed by atoms with van der Waals surface area (Å²) in [5, 5.41) is 0. The van der Waals surface area contributed by atoms with Crippen LogP contribution < -0.4 is 0 Å². The molecule has 0 saturated heterocycles. The monoisotopic (exact) mass is 172 g/mol. The smallest absolute Gasteiger partial charge is 0.314 e. The zero-order valence-electron chi connectivity index (χ0n) is 7.76. The van der Waals surface area contributed by atoms with Gasteiger partial charge >= 0.3 is 5.97 Å². The van der Waals surface area contributed by atoms with Gasteiger partial charge in [-0.3, -0.25) is 4.79 Å². The largest absolute Gasteiger partial charge is 0.469 e. The molecule has 12 heavy (non-hydrogen) atoms. The normalized spacial score (nSPS) is 20.8. The predicted octanol–water partition coefficient (Wildman–Crippen LogP) is 1.37. The van der Waals surface area contributed by atoms with Crippen LogP contribution in [0.3, 0.4) is 0 Å². The summed E-state index contributed by atoms with van der Waals surface area (Å²) in [6.45, 7) is 0.500. The Balaban J connectivity index is 2.64. The van der Waals surface area contributed by atoms with E-state index in [9.17, 15) is 4.79 Å². The van der Waals surface area contributed by atoms with Gasteiger partial charge in [0.05, 0.1) is 19.1 Å². The van der Waals surface area contributed by atoms with Crippen molar-refractivity contribution in [3.8, 4) is 0 Å². The number of methoxy groups -OCH3 is 2. The summed E-state index contributed by atoms with van der Waals surface area (Å²) in [5.74, 6) is -0.109. The molecule has 1 fully saturated rings. The Hall–Kier alpha value is -0.570. The lowest BCUT2D eigenvalue weighted by Gasteiger charge is -2.24. The second-order valence-corrected chi connectivity index (χ2v) is 3.41. The van der Waals surface area contributed by atoms with Crippen LogP contribution in [-0.4, -0.2) is 26.8 Å². The summed E-state index contributed by atoms with van der Waals surface area (Å²) in [7, 11) is 3.07. The lowest BCUT2D eigenvalue weighted by molar-refractivity contribution is -0.155. The third kappa shape index (κ3) is 1.61. The molecule has 3 nitrogen and oxygen atoms in total. The molecule has 1 saturated carbocycles. The summed E-state index contributed by atoms with van der Waals surface area (Å²) in [6.07, 6.45) is 4.04. The van der Waals surface area contributed by atoms with E-state index in [1.54, 1.807) is 7.11 Å². The molecule has 0 atom stereocenters. The quantitative estimate of drug-likeness (QED) is 0.603. The first-order valence-corrected chi connectivity index (χ1v) is 4.32. The van der Waals surface area contributed by atoms with Crippen molar-refractivity contribution in [1.82, 2.24) is 0 Å². The van der Waals surface area contributed by atoms with Gasteiger partial charge in [0.1, 0.15) is 0 Å². The highest BCUT2D eigenvalue weighted by molar-refractivity contribution is 5.77. The van der Waals surface area contributed by atoms with Crippen LogP contribution in [0.5, 0.6) is 0 Å². The van der Waals surface area contributed by atoms with E-state index >= 15 is 0 Å². The van der Waals surface area contributed by atoms with Gasteiger partial charge < -0.3 is 9.47 Å². The van der Waals surface area contributed by atoms with E-state index < -0.39 is 0 Å². The van der Waals surface area contributed by atoms with Crippen molar-refractivity contribution in [2.45, 2.75) is 25.7 Å². The van der Waals surface area contributed by atoms with Crippen LogP contribution in [0.2, 0.25) is 0 Å². The first kappa shape index (κ1) is 9.52. The molecule has 1 aliphatic carbocycles. The molecule has 3 heteroatoms. The Morgan fingerprint density at radius 2 is 1.92 bits per heavy atom. The summed E-state index contributed by atoms with van der Waals surface area (Å²) < 4.78 is 9.82. The second-order valence-electron chi connectivity index (χ2n) is 3.41. The molecule has 0 aromatic heterocycles. The van der Waals surface area contributed by atoms with E-state index in [1.165, 1.54) is 7.11 Å². The number of hydrogen-bond donors (Lipinski definition) is 0. The van der Waals surface area contributed by atoms with Crippen molar-refractivity contribution >= 4 is 5.97 Å². The van der Waals surface area contributed by atoms with Crippen LogP contribution in [0.15, 0.2) is 0 Å². The van der Waals surface area contributed by atoms with Crippen molar-refractivity contribution in [2.75, 3.05) is 20.8 Å². The minimum Gasteiger partial charge on any atom is -0.469 e. The van der Waals surface area contributed by atoms with Crippen molar-refractivity contribution in [3.63, 3.8) is 0 Å². The molecule has 0 N–H and O–H groups in total. The second kappa shape index (κ2) is 3.90. The maximum atomic E-state index is 11.4. The SMILES string of the molecule is COCC1(C(=O)OC)CCCC1. The van der Waals surface area contributed by atoms with E-state index in [0.29, 0.717) is 6.61 Å². The number of hydrogen-bond acceptors (Lipinski definition) is 3. The molecule has 1 rings (SSSR count). The van der Waals surface area contributed by atoms with E-state index in [1.807, 2.05) is 0 Å². The van der Waals surface area contributed by atoms with Crippen molar-refractivity contribution in [2.24, 2.45) is 5.41 Å². The van der Waals surface area contributed by atoms with Crippen molar-refractivity contribution in [1.29, 1.82) is 0 Å². The summed E-state index contributed by atoms with van der Waals surface area (Å²) in [4.78, 5) is 11.4. The Bertz CT molecular complexity index is 159. The highest BCUT2D eigenvalue weighted by Gasteiger charge is 2.42. The minimum absolute atomic E-state index is 0.109. The lowest BCUT2D eigenvalue weighted by Crippen LogP contribution is -2.33. The zero-order chi connectivity index (χ0) is 9.03. The molecule has 70 valence electrons. The number of carbonyl (C=O) groups is 1. The topological polar surface area (TPSA) is 35.5 Å². The number of rotatable bonds is 3. The molecular formula is C9H16O3. The minimum atomic E-state index is -0.330. The maximum absolute atomic E-state index is 11.4. The van der Waals surface area contributed by atoms with Gasteiger partial charge in [-0.25, -0.2) is 0 Å². The van der Waals surface area contributed by atoms with E-state index in [-0.39, 0.29) is 11.4 Å². The molecule has 0 unspecified atom stereocenters. The first-order valence-electron chi connectivity index (χ1n) is 4.32. The van der Waals surface area contributed by atoms with Crippen LogP contribution in [0.25, 0.3) is 0 Å². The van der Waals surface area contributed by atoms with Crippen LogP contribution >= 0.6 is 0 Å². The van der Waals surface area contributed by atoms with Gasteiger partial charge in [-0.05, 0) is 12.8 Å². The molecule has 0 radical (unpaired) electrons. The van der Waals surface area contributed by atoms with Crippen LogP contribution in [0, 0.1) is 5.41 Å². The molecular weight excluding hydrogens is 156 g/mol. The Morgan fingerprint density at radius 1 is 1.33 bits per heavy atom. The fraction of sp³-hybridized carbons (Fsp3) is 0.889. The van der Waals surface area contributed by atoms with Gasteiger partial charge in [0.15, 0.2) is 0 Å². The van der Waals surface area contributed by atoms with Crippen molar-refractivity contribution < 1.29 is 14.3 Å². The average molecular weight is 172 g/mol. The van der Waals surface area contributed by atoms with Crippen LogP contribution in [0.4, 0.5) is 0 Å². The summed E-state index contributed by atoms with van der Waals surface area (Å²) in [5.41, 5.74) is -0.330. The highest BCUT2D eigenvalue weighted by Crippen LogP contribution is 2.39. The third-order valence-electron chi connectivity index (χ3n) is 2.60. The van der Waals surface area contributed by atoms with Gasteiger partial charge in [0, 0.05) is 7.11 Å². The predicted molar refractivity (Wildman–Crippen MR) is 44.8 cm³/mol. The van der Waals surface area contributed by atoms with Gasteiger partial charge in [0.25, 0.3) is 0 Å². The number of ether oxygens (including phenoxy) is 2. The molecule has 0 aromatic rings. The highest BCUT2D eigenvalue weighted by atomic mass is 16.5. The lowest BCUT2D eigenvalue weighted by atomic mass is 9.87. The molecule has 0 aliphatic heterocycles. The average Bonchev–Trinajstić information content (AvgIpc) is 2.53. The molecule has 0 aromatic carbocycles. The maximum Gasteiger partial charge on any atom is 0.314 e. The summed E-state index contributed by atoms with van der Waals surface area (Å²) in [6, 6.07) is 0. The number of carbonyl (C=O) groups excluding carboxylic acids is 1. The van der Waals surface area contributed by atoms with Gasteiger partial charge in [-0.15, -0.1) is 0 Å². The fourth-order valence-corrected chi connectivity index (χ4v) is 1.95. The van der Waals surface area contributed by atoms with Gasteiger partial charge in [-0.2, -0.15) is 0 Å². The molecule has 0 amide bonds. The van der Waals surface area contributed by atoms with Crippen LogP contribution in [0.1, 0.15) is 25.7 Å². The van der Waals surface area contributed by atoms with Crippen molar-refractivity contribution in [3.05, 3.63) is 0 Å². The standard InChI is InChI=1S/C9H16O3/c1-11-7-9(8(10)12-2)5-3-4-6-9/h3-7H2,1-2H3. The Kier molecular flexibility index (Phi) is 3.09. The summed E-state index contributed by atoms with van der Waals surface area (Å²) >= 11 is 0. The zero-order valence-corrected chi connectivity index (χ0v) is 7.76. The van der Waals surface area contributed by atoms with E-state index in [0.717, 1.165) is 25.7 Å². The number of esters is 1.